The lowest BCUT2D eigenvalue weighted by molar-refractivity contribution is 0.591. The number of hydrogen-bond donors (Lipinski definition) is 0. The van der Waals surface area contributed by atoms with E-state index in [2.05, 4.69) is 113 Å². The molecule has 0 bridgehead atoms. The predicted octanol–water partition coefficient (Wildman–Crippen LogP) is 7.67. The first kappa shape index (κ1) is 20.1. The Kier molecular flexibility index (Phi) is 5.56. The molecule has 0 amide bonds. The van der Waals surface area contributed by atoms with Gasteiger partial charge < -0.3 is 0 Å². The predicted molar refractivity (Wildman–Crippen MR) is 123 cm³/mol. The van der Waals surface area contributed by atoms with Crippen LogP contribution in [0.2, 0.25) is 0 Å². The minimum atomic E-state index is 0.161. The molecular formula is C27H31N. The molecule has 0 atom stereocenters. The molecule has 1 heterocycles. The molecule has 1 nitrogen and oxygen atoms in total. The lowest BCUT2D eigenvalue weighted by atomic mass is 9.85. The summed E-state index contributed by atoms with van der Waals surface area (Å²) < 4.78 is 0. The van der Waals surface area contributed by atoms with Crippen LogP contribution in [0.15, 0.2) is 79.0 Å². The van der Waals surface area contributed by atoms with Gasteiger partial charge in [-0.05, 0) is 38.8 Å². The van der Waals surface area contributed by atoms with Crippen LogP contribution in [0.1, 0.15) is 52.7 Å². The van der Waals surface area contributed by atoms with Gasteiger partial charge in [0.2, 0.25) is 0 Å². The zero-order valence-electron chi connectivity index (χ0n) is 18.0. The molecule has 0 aliphatic rings. The Morgan fingerprint density at radius 3 is 1.89 bits per heavy atom. The molecule has 3 aromatic carbocycles. The Morgan fingerprint density at radius 2 is 1.21 bits per heavy atom. The third-order valence-corrected chi connectivity index (χ3v) is 5.06. The normalized spacial score (nSPS) is 11.9. The van der Waals surface area contributed by atoms with Gasteiger partial charge in [-0.1, -0.05) is 108 Å². The van der Waals surface area contributed by atoms with Crippen molar-refractivity contribution in [3.8, 4) is 0 Å². The number of rotatable bonds is 0. The van der Waals surface area contributed by atoms with Gasteiger partial charge in [-0.2, -0.15) is 0 Å². The van der Waals surface area contributed by atoms with E-state index in [9.17, 15) is 0 Å². The molecule has 0 saturated heterocycles. The Hall–Kier alpha value is -2.67. The van der Waals surface area contributed by atoms with Gasteiger partial charge in [0.15, 0.2) is 0 Å². The summed E-state index contributed by atoms with van der Waals surface area (Å²) in [7, 11) is 0. The summed E-state index contributed by atoms with van der Waals surface area (Å²) >= 11 is 0. The van der Waals surface area contributed by atoms with Crippen LogP contribution in [0.3, 0.4) is 0 Å². The Bertz CT molecular complexity index is 1070. The van der Waals surface area contributed by atoms with E-state index in [4.69, 9.17) is 0 Å². The van der Waals surface area contributed by atoms with Crippen LogP contribution < -0.4 is 0 Å². The lowest BCUT2D eigenvalue weighted by Crippen LogP contribution is -2.11. The highest BCUT2D eigenvalue weighted by Gasteiger charge is 2.16. The van der Waals surface area contributed by atoms with Gasteiger partial charge >= 0.3 is 0 Å². The summed E-state index contributed by atoms with van der Waals surface area (Å²) in [5.74, 6) is 0. The lowest BCUT2D eigenvalue weighted by Gasteiger charge is -2.20. The molecular weight excluding hydrogens is 338 g/mol. The van der Waals surface area contributed by atoms with Crippen molar-refractivity contribution >= 4 is 21.7 Å². The van der Waals surface area contributed by atoms with E-state index < -0.39 is 0 Å². The number of benzene rings is 3. The topological polar surface area (TPSA) is 12.9 Å². The van der Waals surface area contributed by atoms with Crippen molar-refractivity contribution in [1.82, 2.24) is 4.98 Å². The van der Waals surface area contributed by atoms with Crippen LogP contribution in [0.4, 0.5) is 0 Å². The molecule has 0 spiro atoms. The van der Waals surface area contributed by atoms with E-state index in [1.54, 1.807) is 0 Å². The summed E-state index contributed by atoms with van der Waals surface area (Å²) in [6.07, 6.45) is 1.86. The fourth-order valence-electron chi connectivity index (χ4n) is 3.37. The van der Waals surface area contributed by atoms with Crippen molar-refractivity contribution in [1.29, 1.82) is 0 Å². The summed E-state index contributed by atoms with van der Waals surface area (Å²) in [4.78, 5) is 4.45. The number of pyridine rings is 1. The Balaban J connectivity index is 0.000000161. The largest absolute Gasteiger partial charge is 0.256 e. The number of aromatic nitrogens is 1. The van der Waals surface area contributed by atoms with Gasteiger partial charge in [-0.3, -0.25) is 4.98 Å². The average Bonchev–Trinajstić information content (AvgIpc) is 2.66. The maximum atomic E-state index is 4.45. The standard InChI is InChI=1S/C14H16.C13H15N/c1-14(2,3)13-9-8-11-6-4-5-7-12(11)10-13;1-13(2,3)11-8-4-6-10-7-5-9-14-12(10)11/h4-10H,1-3H3;4-9H,1-3H3. The first-order chi connectivity index (χ1) is 13.2. The monoisotopic (exact) mass is 369 g/mol. The molecule has 4 rings (SSSR count). The van der Waals surface area contributed by atoms with Crippen LogP contribution in [-0.4, -0.2) is 4.98 Å². The van der Waals surface area contributed by atoms with Crippen molar-refractivity contribution < 1.29 is 0 Å². The molecule has 1 heteroatoms. The molecule has 144 valence electrons. The highest BCUT2D eigenvalue weighted by Crippen LogP contribution is 2.28. The fraction of sp³-hybridized carbons (Fsp3) is 0.296. The van der Waals surface area contributed by atoms with Gasteiger partial charge in [0, 0.05) is 11.6 Å². The molecule has 0 N–H and O–H groups in total. The molecule has 0 saturated carbocycles. The molecule has 0 unspecified atom stereocenters. The second-order valence-corrected chi connectivity index (χ2v) is 9.44. The summed E-state index contributed by atoms with van der Waals surface area (Å²) in [5, 5.41) is 3.88. The minimum absolute atomic E-state index is 0.161. The zero-order valence-corrected chi connectivity index (χ0v) is 18.0. The molecule has 4 aromatic rings. The fourth-order valence-corrected chi connectivity index (χ4v) is 3.37. The highest BCUT2D eigenvalue weighted by atomic mass is 14.7. The molecule has 28 heavy (non-hydrogen) atoms. The quantitative estimate of drug-likeness (QED) is 0.310. The van der Waals surface area contributed by atoms with Gasteiger partial charge in [0.25, 0.3) is 0 Å². The second kappa shape index (κ2) is 7.75. The smallest absolute Gasteiger partial charge is 0.0739 e. The minimum Gasteiger partial charge on any atom is -0.256 e. The number of hydrogen-bond acceptors (Lipinski definition) is 1. The van der Waals surface area contributed by atoms with E-state index in [0.29, 0.717) is 0 Å². The van der Waals surface area contributed by atoms with Gasteiger partial charge in [-0.15, -0.1) is 0 Å². The third kappa shape index (κ3) is 4.59. The summed E-state index contributed by atoms with van der Waals surface area (Å²) in [5.41, 5.74) is 4.24. The maximum absolute atomic E-state index is 4.45. The van der Waals surface area contributed by atoms with Crippen LogP contribution in [0.5, 0.6) is 0 Å². The van der Waals surface area contributed by atoms with Crippen LogP contribution in [0.25, 0.3) is 21.7 Å². The van der Waals surface area contributed by atoms with Crippen LogP contribution in [-0.2, 0) is 10.8 Å². The molecule has 0 radical (unpaired) electrons. The average molecular weight is 370 g/mol. The third-order valence-electron chi connectivity index (χ3n) is 5.06. The first-order valence-electron chi connectivity index (χ1n) is 10.00. The van der Waals surface area contributed by atoms with Crippen molar-refractivity contribution in [3.05, 3.63) is 90.1 Å². The van der Waals surface area contributed by atoms with Gasteiger partial charge in [0.1, 0.15) is 0 Å². The Labute approximate surface area is 169 Å². The molecule has 1 aromatic heterocycles. The number of para-hydroxylation sites is 1. The Morgan fingerprint density at radius 1 is 0.571 bits per heavy atom. The maximum Gasteiger partial charge on any atom is 0.0739 e. The van der Waals surface area contributed by atoms with Gasteiger partial charge in [-0.25, -0.2) is 0 Å². The van der Waals surface area contributed by atoms with Crippen LogP contribution in [0, 0.1) is 0 Å². The number of fused-ring (bicyclic) bond motifs is 2. The van der Waals surface area contributed by atoms with Crippen molar-refractivity contribution in [2.45, 2.75) is 52.4 Å². The van der Waals surface area contributed by atoms with E-state index in [-0.39, 0.29) is 10.8 Å². The van der Waals surface area contributed by atoms with Gasteiger partial charge in [0.05, 0.1) is 5.52 Å². The zero-order chi connectivity index (χ0) is 20.4. The van der Waals surface area contributed by atoms with E-state index >= 15 is 0 Å². The number of nitrogens with zero attached hydrogens (tertiary/aromatic N) is 1. The van der Waals surface area contributed by atoms with Crippen LogP contribution >= 0.6 is 0 Å². The highest BCUT2D eigenvalue weighted by molar-refractivity contribution is 5.83. The molecule has 0 fully saturated rings. The second-order valence-electron chi connectivity index (χ2n) is 9.44. The van der Waals surface area contributed by atoms with Crippen molar-refractivity contribution in [3.63, 3.8) is 0 Å². The summed E-state index contributed by atoms with van der Waals surface area (Å²) in [6.45, 7) is 13.4. The first-order valence-corrected chi connectivity index (χ1v) is 10.00. The van der Waals surface area contributed by atoms with Crippen molar-refractivity contribution in [2.24, 2.45) is 0 Å². The van der Waals surface area contributed by atoms with E-state index in [1.807, 2.05) is 12.3 Å². The summed E-state index contributed by atoms with van der Waals surface area (Å²) in [6, 6.07) is 25.7. The van der Waals surface area contributed by atoms with E-state index in [1.165, 1.54) is 27.3 Å². The molecule has 0 aliphatic heterocycles. The molecule has 0 aliphatic carbocycles. The van der Waals surface area contributed by atoms with E-state index in [0.717, 1.165) is 5.52 Å². The SMILES string of the molecule is CC(C)(C)c1ccc2ccccc2c1.CC(C)(C)c1cccc2cccnc12. The van der Waals surface area contributed by atoms with Crippen molar-refractivity contribution in [2.75, 3.05) is 0 Å².